The molecule has 31 heavy (non-hydrogen) atoms. The van der Waals surface area contributed by atoms with E-state index in [0.717, 1.165) is 17.4 Å². The minimum atomic E-state index is -3.40. The lowest BCUT2D eigenvalue weighted by atomic mass is 10.1. The van der Waals surface area contributed by atoms with E-state index in [1.807, 2.05) is 6.92 Å². The van der Waals surface area contributed by atoms with Gasteiger partial charge in [-0.2, -0.15) is 0 Å². The summed E-state index contributed by atoms with van der Waals surface area (Å²) in [5.41, 5.74) is 2.82. The van der Waals surface area contributed by atoms with Crippen molar-refractivity contribution < 1.29 is 22.4 Å². The molecule has 2 amide bonds. The lowest BCUT2D eigenvalue weighted by Crippen LogP contribution is -2.27. The summed E-state index contributed by atoms with van der Waals surface area (Å²) in [5, 5.41) is 5.63. The number of anilines is 2. The fourth-order valence-electron chi connectivity index (χ4n) is 2.94. The number of carbonyl (C=O) groups excluding carboxylic acids is 2. The second kappa shape index (κ2) is 9.05. The normalized spacial score (nSPS) is 12.1. The van der Waals surface area contributed by atoms with Crippen molar-refractivity contribution in [2.75, 3.05) is 16.3 Å². The molecule has 0 bridgehead atoms. The molecule has 1 atom stereocenters. The monoisotopic (exact) mass is 441 g/mol. The van der Waals surface area contributed by atoms with Crippen LogP contribution < -0.4 is 15.4 Å². The third-order valence-electron chi connectivity index (χ3n) is 4.53. The largest absolute Gasteiger partial charge is 0.459 e. The Kier molecular flexibility index (Phi) is 6.45. The summed E-state index contributed by atoms with van der Waals surface area (Å²) in [5.74, 6) is -0.567. The number of amides is 2. The van der Waals surface area contributed by atoms with Gasteiger partial charge in [-0.1, -0.05) is 18.2 Å². The van der Waals surface area contributed by atoms with Crippen LogP contribution in [0.2, 0.25) is 0 Å². The summed E-state index contributed by atoms with van der Waals surface area (Å²) in [6.07, 6.45) is 2.48. The van der Waals surface area contributed by atoms with E-state index in [1.165, 1.54) is 6.26 Å². The number of carbonyl (C=O) groups is 2. The SMILES string of the molecule is Cc1ccc(C(=O)NC(C)c2cccc(NS(C)(=O)=O)c2)cc1NC(=O)c1ccco1. The third-order valence-corrected chi connectivity index (χ3v) is 5.14. The number of nitrogens with one attached hydrogen (secondary N) is 3. The highest BCUT2D eigenvalue weighted by Gasteiger charge is 2.16. The molecule has 0 aliphatic heterocycles. The zero-order valence-corrected chi connectivity index (χ0v) is 18.1. The predicted molar refractivity (Wildman–Crippen MR) is 119 cm³/mol. The van der Waals surface area contributed by atoms with E-state index in [-0.39, 0.29) is 17.7 Å². The van der Waals surface area contributed by atoms with Crippen LogP contribution in [0.5, 0.6) is 0 Å². The number of sulfonamides is 1. The van der Waals surface area contributed by atoms with Gasteiger partial charge in [0.2, 0.25) is 10.0 Å². The average Bonchev–Trinajstić information content (AvgIpc) is 3.23. The van der Waals surface area contributed by atoms with Gasteiger partial charge in [-0.25, -0.2) is 8.42 Å². The van der Waals surface area contributed by atoms with Crippen molar-refractivity contribution in [3.8, 4) is 0 Å². The van der Waals surface area contributed by atoms with E-state index >= 15 is 0 Å². The average molecular weight is 442 g/mol. The standard InChI is InChI=1S/C22H23N3O5S/c1-14-9-10-17(13-19(14)24-22(27)20-8-5-11-30-20)21(26)23-15(2)16-6-4-7-18(12-16)25-31(3,28)29/h4-13,15,25H,1-3H3,(H,23,26)(H,24,27). The summed E-state index contributed by atoms with van der Waals surface area (Å²) in [7, 11) is -3.40. The van der Waals surface area contributed by atoms with Crippen molar-refractivity contribution in [3.63, 3.8) is 0 Å². The Hall–Kier alpha value is -3.59. The quantitative estimate of drug-likeness (QED) is 0.517. The van der Waals surface area contributed by atoms with Crippen LogP contribution in [-0.2, 0) is 10.0 Å². The third kappa shape index (κ3) is 5.95. The summed E-state index contributed by atoms with van der Waals surface area (Å²) >= 11 is 0. The zero-order chi connectivity index (χ0) is 22.6. The second-order valence-corrected chi connectivity index (χ2v) is 8.90. The maximum atomic E-state index is 12.8. The van der Waals surface area contributed by atoms with E-state index in [9.17, 15) is 18.0 Å². The van der Waals surface area contributed by atoms with E-state index in [0.29, 0.717) is 16.9 Å². The molecule has 0 aliphatic rings. The first-order chi connectivity index (χ1) is 14.6. The number of aryl methyl sites for hydroxylation is 1. The molecule has 0 fully saturated rings. The predicted octanol–water partition coefficient (Wildman–Crippen LogP) is 3.70. The molecule has 162 valence electrons. The fraction of sp³-hybridized carbons (Fsp3) is 0.182. The van der Waals surface area contributed by atoms with E-state index in [2.05, 4.69) is 15.4 Å². The number of hydrogen-bond acceptors (Lipinski definition) is 5. The van der Waals surface area contributed by atoms with Crippen LogP contribution in [0.25, 0.3) is 0 Å². The van der Waals surface area contributed by atoms with Crippen LogP contribution in [0.1, 0.15) is 45.0 Å². The molecular weight excluding hydrogens is 418 g/mol. The van der Waals surface area contributed by atoms with Crippen LogP contribution >= 0.6 is 0 Å². The summed E-state index contributed by atoms with van der Waals surface area (Å²) < 4.78 is 30.4. The highest BCUT2D eigenvalue weighted by Crippen LogP contribution is 2.21. The van der Waals surface area contributed by atoms with Crippen LogP contribution in [0.3, 0.4) is 0 Å². The van der Waals surface area contributed by atoms with Gasteiger partial charge in [0.1, 0.15) is 0 Å². The minimum Gasteiger partial charge on any atom is -0.459 e. The van der Waals surface area contributed by atoms with Crippen molar-refractivity contribution in [1.29, 1.82) is 0 Å². The van der Waals surface area contributed by atoms with Crippen LogP contribution in [0.15, 0.2) is 65.3 Å². The molecular formula is C22H23N3O5S. The first-order valence-corrected chi connectivity index (χ1v) is 11.4. The first kappa shape index (κ1) is 22.1. The minimum absolute atomic E-state index is 0.172. The molecule has 8 nitrogen and oxygen atoms in total. The van der Waals surface area contributed by atoms with Gasteiger partial charge in [0.15, 0.2) is 5.76 Å². The van der Waals surface area contributed by atoms with Gasteiger partial charge < -0.3 is 15.1 Å². The lowest BCUT2D eigenvalue weighted by molar-refractivity contribution is 0.0938. The molecule has 0 saturated heterocycles. The number of hydrogen-bond donors (Lipinski definition) is 3. The Bertz CT molecular complexity index is 1200. The molecule has 1 heterocycles. The molecule has 1 aromatic heterocycles. The van der Waals surface area contributed by atoms with Gasteiger partial charge in [-0.05, 0) is 61.4 Å². The van der Waals surface area contributed by atoms with Crippen molar-refractivity contribution in [3.05, 3.63) is 83.3 Å². The summed E-state index contributed by atoms with van der Waals surface area (Å²) in [6, 6.07) is 14.6. The van der Waals surface area contributed by atoms with Crippen LogP contribution in [0, 0.1) is 6.92 Å². The van der Waals surface area contributed by atoms with E-state index in [4.69, 9.17) is 4.42 Å². The molecule has 0 spiro atoms. The van der Waals surface area contributed by atoms with Gasteiger partial charge in [0.05, 0.1) is 18.6 Å². The molecule has 1 unspecified atom stereocenters. The summed E-state index contributed by atoms with van der Waals surface area (Å²) in [6.45, 7) is 3.62. The second-order valence-electron chi connectivity index (χ2n) is 7.16. The highest BCUT2D eigenvalue weighted by molar-refractivity contribution is 7.92. The molecule has 2 aromatic carbocycles. The van der Waals surface area contributed by atoms with Gasteiger partial charge >= 0.3 is 0 Å². The maximum absolute atomic E-state index is 12.8. The molecule has 3 aromatic rings. The van der Waals surface area contributed by atoms with E-state index in [1.54, 1.807) is 61.5 Å². The maximum Gasteiger partial charge on any atom is 0.291 e. The molecule has 3 N–H and O–H groups in total. The number of furan rings is 1. The van der Waals surface area contributed by atoms with Crippen molar-refractivity contribution >= 4 is 33.2 Å². The van der Waals surface area contributed by atoms with Crippen LogP contribution in [-0.4, -0.2) is 26.5 Å². The topological polar surface area (TPSA) is 118 Å². The Labute approximate surface area is 180 Å². The summed E-state index contributed by atoms with van der Waals surface area (Å²) in [4.78, 5) is 25.0. The first-order valence-electron chi connectivity index (χ1n) is 9.46. The fourth-order valence-corrected chi connectivity index (χ4v) is 3.49. The van der Waals surface area contributed by atoms with E-state index < -0.39 is 15.9 Å². The zero-order valence-electron chi connectivity index (χ0n) is 17.3. The number of rotatable bonds is 7. The van der Waals surface area contributed by atoms with Crippen molar-refractivity contribution in [2.24, 2.45) is 0 Å². The smallest absolute Gasteiger partial charge is 0.291 e. The van der Waals surface area contributed by atoms with Gasteiger partial charge in [-0.3, -0.25) is 14.3 Å². The number of benzene rings is 2. The molecule has 3 rings (SSSR count). The van der Waals surface area contributed by atoms with Crippen LogP contribution in [0.4, 0.5) is 11.4 Å². The van der Waals surface area contributed by atoms with Gasteiger partial charge in [0, 0.05) is 16.9 Å². The molecule has 0 saturated carbocycles. The Morgan fingerprint density at radius 3 is 2.45 bits per heavy atom. The van der Waals surface area contributed by atoms with Crippen molar-refractivity contribution in [2.45, 2.75) is 19.9 Å². The highest BCUT2D eigenvalue weighted by atomic mass is 32.2. The Morgan fingerprint density at radius 2 is 1.77 bits per heavy atom. The van der Waals surface area contributed by atoms with Gasteiger partial charge in [-0.15, -0.1) is 0 Å². The Balaban J connectivity index is 1.73. The lowest BCUT2D eigenvalue weighted by Gasteiger charge is -2.16. The van der Waals surface area contributed by atoms with Gasteiger partial charge in [0.25, 0.3) is 11.8 Å². The Morgan fingerprint density at radius 1 is 1.00 bits per heavy atom. The molecule has 0 aliphatic carbocycles. The van der Waals surface area contributed by atoms with Crippen molar-refractivity contribution in [1.82, 2.24) is 5.32 Å². The molecule has 9 heteroatoms. The molecule has 0 radical (unpaired) electrons.